The van der Waals surface area contributed by atoms with Gasteiger partial charge in [0.2, 0.25) is 0 Å². The van der Waals surface area contributed by atoms with Gasteiger partial charge in [-0.05, 0) is 37.8 Å². The number of aromatic carboxylic acids is 1. The van der Waals surface area contributed by atoms with Crippen LogP contribution in [0.2, 0.25) is 0 Å². The number of hydrogen-bond acceptors (Lipinski definition) is 3. The summed E-state index contributed by atoms with van der Waals surface area (Å²) in [7, 11) is 1.61. The second-order valence-corrected chi connectivity index (χ2v) is 5.76. The molecule has 0 aromatic heterocycles. The van der Waals surface area contributed by atoms with Crippen LogP contribution in [-0.2, 0) is 10.3 Å². The lowest BCUT2D eigenvalue weighted by Gasteiger charge is -2.30. The zero-order valence-corrected chi connectivity index (χ0v) is 12.6. The Kier molecular flexibility index (Phi) is 5.57. The lowest BCUT2D eigenvalue weighted by Crippen LogP contribution is -2.24. The van der Waals surface area contributed by atoms with Gasteiger partial charge in [-0.3, -0.25) is 0 Å². The van der Waals surface area contributed by atoms with Crippen LogP contribution in [0.3, 0.4) is 0 Å². The van der Waals surface area contributed by atoms with Crippen molar-refractivity contribution in [3.63, 3.8) is 0 Å². The van der Waals surface area contributed by atoms with Gasteiger partial charge in [0.05, 0.1) is 11.2 Å². The fraction of sp³-hybridized carbons (Fsp3) is 0.562. The Hall–Kier alpha value is -1.55. The molecule has 0 aliphatic heterocycles. The molecule has 2 N–H and O–H groups in total. The van der Waals surface area contributed by atoms with Crippen molar-refractivity contribution in [2.24, 2.45) is 5.92 Å². The van der Waals surface area contributed by atoms with E-state index in [0.29, 0.717) is 11.5 Å². The number of phenolic OH excluding ortho intramolecular Hbond substituents is 1. The predicted molar refractivity (Wildman–Crippen MR) is 78.1 cm³/mol. The van der Waals surface area contributed by atoms with E-state index in [9.17, 15) is 9.90 Å². The van der Waals surface area contributed by atoms with E-state index in [4.69, 9.17) is 9.84 Å². The molecule has 4 heteroatoms. The molecule has 1 aromatic rings. The van der Waals surface area contributed by atoms with Crippen LogP contribution in [0.25, 0.3) is 0 Å². The van der Waals surface area contributed by atoms with Gasteiger partial charge in [-0.25, -0.2) is 4.79 Å². The molecule has 0 aliphatic carbocycles. The average molecular weight is 280 g/mol. The summed E-state index contributed by atoms with van der Waals surface area (Å²) in [6.45, 7) is 6.26. The molecule has 0 fully saturated rings. The summed E-state index contributed by atoms with van der Waals surface area (Å²) in [5.41, 5.74) is 0.108. The quantitative estimate of drug-likeness (QED) is 0.797. The van der Waals surface area contributed by atoms with Crippen molar-refractivity contribution >= 4 is 5.97 Å². The minimum absolute atomic E-state index is 0.0289. The number of carboxylic acids is 1. The first-order valence-corrected chi connectivity index (χ1v) is 6.92. The molecule has 0 bridgehead atoms. The Morgan fingerprint density at radius 3 is 2.50 bits per heavy atom. The lowest BCUT2D eigenvalue weighted by molar-refractivity contribution is -0.00980. The number of rotatable bonds is 7. The third kappa shape index (κ3) is 3.97. The summed E-state index contributed by atoms with van der Waals surface area (Å²) in [5, 5.41) is 19.0. The van der Waals surface area contributed by atoms with E-state index >= 15 is 0 Å². The second kappa shape index (κ2) is 6.75. The highest BCUT2D eigenvalue weighted by molar-refractivity contribution is 5.88. The average Bonchev–Trinajstić information content (AvgIpc) is 2.37. The minimum atomic E-state index is -1.05. The Morgan fingerprint density at radius 2 is 2.05 bits per heavy atom. The Bertz CT molecular complexity index is 468. The molecule has 0 saturated carbocycles. The molecule has 0 heterocycles. The van der Waals surface area contributed by atoms with Gasteiger partial charge < -0.3 is 14.9 Å². The molecular weight excluding hydrogens is 256 g/mol. The highest BCUT2D eigenvalue weighted by atomic mass is 16.5. The molecule has 0 aliphatic rings. The number of carbonyl (C=O) groups is 1. The Morgan fingerprint density at radius 1 is 1.40 bits per heavy atom. The summed E-state index contributed by atoms with van der Waals surface area (Å²) in [6.07, 6.45) is 2.86. The number of phenols is 1. The molecule has 4 nitrogen and oxygen atoms in total. The van der Waals surface area contributed by atoms with Crippen molar-refractivity contribution in [3.8, 4) is 5.75 Å². The van der Waals surface area contributed by atoms with Crippen molar-refractivity contribution in [1.82, 2.24) is 0 Å². The number of methoxy groups -OCH3 is 1. The minimum Gasteiger partial charge on any atom is -0.508 e. The number of ether oxygens (including phenoxy) is 1. The number of aromatic hydroxyl groups is 1. The van der Waals surface area contributed by atoms with Crippen molar-refractivity contribution in [2.45, 2.75) is 45.6 Å². The van der Waals surface area contributed by atoms with Crippen molar-refractivity contribution < 1.29 is 19.7 Å². The predicted octanol–water partition coefficient (Wildman–Crippen LogP) is 3.78. The molecule has 0 unspecified atom stereocenters. The molecule has 1 atom stereocenters. The molecule has 0 radical (unpaired) electrons. The highest BCUT2D eigenvalue weighted by Gasteiger charge is 2.29. The monoisotopic (exact) mass is 280 g/mol. The van der Waals surface area contributed by atoms with E-state index in [0.717, 1.165) is 19.3 Å². The SMILES string of the molecule is CO[C@](C)(CCCC(C)C)c1ccc(C(=O)O)cc1O. The molecule has 20 heavy (non-hydrogen) atoms. The van der Waals surface area contributed by atoms with Crippen LogP contribution in [0, 0.1) is 5.92 Å². The van der Waals surface area contributed by atoms with E-state index < -0.39 is 11.6 Å². The summed E-state index contributed by atoms with van der Waals surface area (Å²) in [4.78, 5) is 10.9. The number of hydrogen-bond donors (Lipinski definition) is 2. The largest absolute Gasteiger partial charge is 0.508 e. The van der Waals surface area contributed by atoms with Gasteiger partial charge in [-0.1, -0.05) is 26.3 Å². The summed E-state index contributed by atoms with van der Waals surface area (Å²) < 4.78 is 5.58. The van der Waals surface area contributed by atoms with E-state index in [2.05, 4.69) is 13.8 Å². The summed E-state index contributed by atoms with van der Waals surface area (Å²) in [6, 6.07) is 4.41. The maximum atomic E-state index is 10.9. The summed E-state index contributed by atoms with van der Waals surface area (Å²) in [5.74, 6) is -0.455. The standard InChI is InChI=1S/C16H24O4/c1-11(2)6-5-9-16(3,20-4)13-8-7-12(15(18)19)10-14(13)17/h7-8,10-11,17H,5-6,9H2,1-4H3,(H,18,19)/t16-/m1/s1. The van der Waals surface area contributed by atoms with Crippen LogP contribution in [0.1, 0.15) is 56.0 Å². The first-order chi connectivity index (χ1) is 9.30. The Balaban J connectivity index is 2.96. The molecule has 112 valence electrons. The smallest absolute Gasteiger partial charge is 0.335 e. The summed E-state index contributed by atoms with van der Waals surface area (Å²) >= 11 is 0. The molecule has 0 spiro atoms. The number of carboxylic acid groups (broad SMARTS) is 1. The van der Waals surface area contributed by atoms with E-state index in [1.54, 1.807) is 13.2 Å². The topological polar surface area (TPSA) is 66.8 Å². The zero-order valence-electron chi connectivity index (χ0n) is 12.6. The van der Waals surface area contributed by atoms with Gasteiger partial charge >= 0.3 is 5.97 Å². The van der Waals surface area contributed by atoms with E-state index in [1.807, 2.05) is 6.92 Å². The van der Waals surface area contributed by atoms with Crippen molar-refractivity contribution in [3.05, 3.63) is 29.3 Å². The molecule has 0 amide bonds. The van der Waals surface area contributed by atoms with Crippen molar-refractivity contribution in [2.75, 3.05) is 7.11 Å². The normalized spacial score (nSPS) is 14.2. The first kappa shape index (κ1) is 16.5. The molecule has 1 aromatic carbocycles. The molecule has 0 saturated heterocycles. The lowest BCUT2D eigenvalue weighted by atomic mass is 9.87. The fourth-order valence-corrected chi connectivity index (χ4v) is 2.31. The van der Waals surface area contributed by atoms with Crippen molar-refractivity contribution in [1.29, 1.82) is 0 Å². The van der Waals surface area contributed by atoms with Gasteiger partial charge in [0.1, 0.15) is 5.75 Å². The zero-order chi connectivity index (χ0) is 15.3. The highest BCUT2D eigenvalue weighted by Crippen LogP contribution is 2.36. The third-order valence-corrected chi connectivity index (χ3v) is 3.70. The molecular formula is C16H24O4. The Labute approximate surface area is 120 Å². The van der Waals surface area contributed by atoms with Gasteiger partial charge in [0.25, 0.3) is 0 Å². The van der Waals surface area contributed by atoms with Crippen LogP contribution < -0.4 is 0 Å². The van der Waals surface area contributed by atoms with Crippen LogP contribution in [0.5, 0.6) is 5.75 Å². The van der Waals surface area contributed by atoms with E-state index in [-0.39, 0.29) is 11.3 Å². The maximum absolute atomic E-state index is 10.9. The van der Waals surface area contributed by atoms with Gasteiger partial charge in [0, 0.05) is 12.7 Å². The fourth-order valence-electron chi connectivity index (χ4n) is 2.31. The van der Waals surface area contributed by atoms with Gasteiger partial charge in [-0.15, -0.1) is 0 Å². The van der Waals surface area contributed by atoms with Gasteiger partial charge in [0.15, 0.2) is 0 Å². The molecule has 1 rings (SSSR count). The van der Waals surface area contributed by atoms with Crippen LogP contribution in [0.15, 0.2) is 18.2 Å². The van der Waals surface area contributed by atoms with Crippen LogP contribution >= 0.6 is 0 Å². The van der Waals surface area contributed by atoms with Gasteiger partial charge in [-0.2, -0.15) is 0 Å². The second-order valence-electron chi connectivity index (χ2n) is 5.76. The van der Waals surface area contributed by atoms with Crippen LogP contribution in [0.4, 0.5) is 0 Å². The first-order valence-electron chi connectivity index (χ1n) is 6.92. The number of benzene rings is 1. The third-order valence-electron chi connectivity index (χ3n) is 3.70. The van der Waals surface area contributed by atoms with Crippen LogP contribution in [-0.4, -0.2) is 23.3 Å². The van der Waals surface area contributed by atoms with E-state index in [1.165, 1.54) is 12.1 Å². The maximum Gasteiger partial charge on any atom is 0.335 e.